The van der Waals surface area contributed by atoms with Crippen molar-refractivity contribution in [2.24, 2.45) is 0 Å². The first kappa shape index (κ1) is 40.5. The summed E-state index contributed by atoms with van der Waals surface area (Å²) in [7, 11) is 0. The molecule has 11 aromatic rings. The van der Waals surface area contributed by atoms with Gasteiger partial charge in [-0.3, -0.25) is 0 Å². The molecule has 0 spiro atoms. The first-order valence-corrected chi connectivity index (χ1v) is 24.6. The van der Waals surface area contributed by atoms with Crippen molar-refractivity contribution in [3.8, 4) is 66.8 Å². The van der Waals surface area contributed by atoms with Gasteiger partial charge in [-0.05, 0) is 144 Å². The molecule has 1 nitrogen and oxygen atoms in total. The van der Waals surface area contributed by atoms with Crippen LogP contribution in [-0.2, 0) is 10.8 Å². The molecule has 0 radical (unpaired) electrons. The molecule has 0 aliphatic heterocycles. The van der Waals surface area contributed by atoms with Crippen molar-refractivity contribution in [1.29, 1.82) is 0 Å². The van der Waals surface area contributed by atoms with E-state index in [2.05, 4.69) is 257 Å². The SMILES string of the molecule is CC1(C)c2cc(-c3ccccc3)ccc2-c2ccc(N(c3ccc(-c4ccccc4-c4ccccc4)cc3)c3ccc4c(c3)C(C)(C)c3cc(-c5cccc6c5sc5ccccc56)ccc3-4)cc21. The minimum absolute atomic E-state index is 0.193. The Morgan fingerprint density at radius 2 is 0.721 bits per heavy atom. The maximum atomic E-state index is 2.48. The van der Waals surface area contributed by atoms with E-state index >= 15 is 0 Å². The van der Waals surface area contributed by atoms with E-state index in [1.807, 2.05) is 11.3 Å². The lowest BCUT2D eigenvalue weighted by Gasteiger charge is -2.30. The second-order valence-corrected chi connectivity index (χ2v) is 20.7. The summed E-state index contributed by atoms with van der Waals surface area (Å²) in [6.45, 7) is 9.61. The molecule has 0 N–H and O–H groups in total. The van der Waals surface area contributed by atoms with Crippen molar-refractivity contribution >= 4 is 48.6 Å². The van der Waals surface area contributed by atoms with Gasteiger partial charge in [-0.15, -0.1) is 11.3 Å². The van der Waals surface area contributed by atoms with Gasteiger partial charge < -0.3 is 4.90 Å². The van der Waals surface area contributed by atoms with Gasteiger partial charge in [0.2, 0.25) is 0 Å². The molecule has 0 bridgehead atoms. The third-order valence-electron chi connectivity index (χ3n) is 15.1. The van der Waals surface area contributed by atoms with Crippen LogP contribution in [0.1, 0.15) is 49.9 Å². The summed E-state index contributed by atoms with van der Waals surface area (Å²) in [5.41, 5.74) is 23.7. The van der Waals surface area contributed by atoms with Crippen LogP contribution in [0.5, 0.6) is 0 Å². The van der Waals surface area contributed by atoms with Gasteiger partial charge in [-0.1, -0.05) is 198 Å². The number of benzene rings is 10. The summed E-state index contributed by atoms with van der Waals surface area (Å²) in [4.78, 5) is 2.48. The Hall–Kier alpha value is -7.78. The molecule has 0 saturated heterocycles. The van der Waals surface area contributed by atoms with Crippen molar-refractivity contribution in [3.63, 3.8) is 0 Å². The van der Waals surface area contributed by atoms with Gasteiger partial charge in [-0.2, -0.15) is 0 Å². The topological polar surface area (TPSA) is 3.24 Å². The molecule has 68 heavy (non-hydrogen) atoms. The van der Waals surface area contributed by atoms with Gasteiger partial charge >= 0.3 is 0 Å². The highest BCUT2D eigenvalue weighted by Gasteiger charge is 2.38. The molecule has 1 aromatic heterocycles. The Kier molecular flexibility index (Phi) is 9.16. The number of anilines is 3. The molecule has 2 aliphatic rings. The summed E-state index contributed by atoms with van der Waals surface area (Å²) in [6, 6.07) is 83.6. The lowest BCUT2D eigenvalue weighted by atomic mass is 9.81. The molecule has 1 heterocycles. The van der Waals surface area contributed by atoms with Gasteiger partial charge in [0.05, 0.1) is 0 Å². The molecular weight excluding hydrogens is 839 g/mol. The van der Waals surface area contributed by atoms with Crippen molar-refractivity contribution in [1.82, 2.24) is 0 Å². The molecule has 324 valence electrons. The van der Waals surface area contributed by atoms with Crippen molar-refractivity contribution in [3.05, 3.63) is 247 Å². The maximum absolute atomic E-state index is 2.48. The maximum Gasteiger partial charge on any atom is 0.0465 e. The number of fused-ring (bicyclic) bond motifs is 9. The van der Waals surface area contributed by atoms with Crippen LogP contribution in [0.25, 0.3) is 86.9 Å². The molecule has 13 rings (SSSR count). The van der Waals surface area contributed by atoms with Crippen LogP contribution < -0.4 is 4.90 Å². The Labute approximate surface area is 403 Å². The summed E-state index contributed by atoms with van der Waals surface area (Å²) >= 11 is 1.90. The van der Waals surface area contributed by atoms with Crippen LogP contribution in [-0.4, -0.2) is 0 Å². The average Bonchev–Trinajstić information content (AvgIpc) is 3.96. The molecule has 2 heteroatoms. The first-order valence-electron chi connectivity index (χ1n) is 23.8. The zero-order chi connectivity index (χ0) is 45.7. The molecule has 0 unspecified atom stereocenters. The first-order chi connectivity index (χ1) is 33.2. The Morgan fingerprint density at radius 3 is 1.34 bits per heavy atom. The van der Waals surface area contributed by atoms with Crippen LogP contribution in [0.3, 0.4) is 0 Å². The molecule has 0 amide bonds. The minimum Gasteiger partial charge on any atom is -0.310 e. The second-order valence-electron chi connectivity index (χ2n) is 19.7. The van der Waals surface area contributed by atoms with E-state index in [1.54, 1.807) is 0 Å². The van der Waals surface area contributed by atoms with Crippen LogP contribution in [0.15, 0.2) is 224 Å². The lowest BCUT2D eigenvalue weighted by molar-refractivity contribution is 0.660. The molecule has 0 saturated carbocycles. The standard InChI is InChI=1S/C66H49NS/c1-65(2)59-38-45(42-16-7-5-8-17-42)28-34-53(59)55-36-32-48(40-61(55)65)67(47-30-26-44(27-31-47)51-21-12-11-20-50(51)43-18-9-6-10-19-43)49-33-37-56-54-35-29-46(39-60(54)66(3,4)62(56)41-49)52-23-15-24-58-57-22-13-14-25-63(57)68-64(52)58/h5-41H,1-4H3. The predicted octanol–water partition coefficient (Wildman–Crippen LogP) is 18.8. The minimum atomic E-state index is -0.223. The highest BCUT2D eigenvalue weighted by Crippen LogP contribution is 2.55. The van der Waals surface area contributed by atoms with Crippen LogP contribution >= 0.6 is 11.3 Å². The molecular formula is C66H49NS. The quantitative estimate of drug-likeness (QED) is 0.154. The Morgan fingerprint density at radius 1 is 0.294 bits per heavy atom. The van der Waals surface area contributed by atoms with Crippen molar-refractivity contribution < 1.29 is 0 Å². The van der Waals surface area contributed by atoms with Gasteiger partial charge in [0.15, 0.2) is 0 Å². The monoisotopic (exact) mass is 887 g/mol. The summed E-state index contributed by atoms with van der Waals surface area (Å²) < 4.78 is 2.69. The van der Waals surface area contributed by atoms with Crippen LogP contribution in [0, 0.1) is 0 Å². The van der Waals surface area contributed by atoms with Gasteiger partial charge in [-0.25, -0.2) is 0 Å². The predicted molar refractivity (Wildman–Crippen MR) is 291 cm³/mol. The van der Waals surface area contributed by atoms with E-state index in [9.17, 15) is 0 Å². The number of thiophene rings is 1. The third kappa shape index (κ3) is 6.28. The Bertz CT molecular complexity index is 3780. The fourth-order valence-corrected chi connectivity index (χ4v) is 12.8. The zero-order valence-corrected chi connectivity index (χ0v) is 39.5. The number of nitrogens with zero attached hydrogens (tertiary/aromatic N) is 1. The van der Waals surface area contributed by atoms with Crippen molar-refractivity contribution in [2.75, 3.05) is 4.90 Å². The van der Waals surface area contributed by atoms with Crippen LogP contribution in [0.2, 0.25) is 0 Å². The summed E-state index contributed by atoms with van der Waals surface area (Å²) in [6.07, 6.45) is 0. The van der Waals surface area contributed by atoms with E-state index in [1.165, 1.54) is 109 Å². The smallest absolute Gasteiger partial charge is 0.0465 e. The van der Waals surface area contributed by atoms with Gasteiger partial charge in [0.25, 0.3) is 0 Å². The summed E-state index contributed by atoms with van der Waals surface area (Å²) in [5.74, 6) is 0. The fourth-order valence-electron chi connectivity index (χ4n) is 11.5. The summed E-state index contributed by atoms with van der Waals surface area (Å²) in [5, 5.41) is 2.67. The van der Waals surface area contributed by atoms with E-state index in [-0.39, 0.29) is 10.8 Å². The van der Waals surface area contributed by atoms with Crippen LogP contribution in [0.4, 0.5) is 17.1 Å². The van der Waals surface area contributed by atoms with E-state index in [0.717, 1.165) is 17.1 Å². The highest BCUT2D eigenvalue weighted by atomic mass is 32.1. The van der Waals surface area contributed by atoms with Gasteiger partial charge in [0.1, 0.15) is 0 Å². The molecule has 0 atom stereocenters. The van der Waals surface area contributed by atoms with Crippen molar-refractivity contribution in [2.45, 2.75) is 38.5 Å². The number of hydrogen-bond donors (Lipinski definition) is 0. The fraction of sp³-hybridized carbons (Fsp3) is 0.0909. The third-order valence-corrected chi connectivity index (χ3v) is 16.3. The highest BCUT2D eigenvalue weighted by molar-refractivity contribution is 7.26. The largest absolute Gasteiger partial charge is 0.310 e. The Balaban J connectivity index is 0.926. The number of hydrogen-bond acceptors (Lipinski definition) is 2. The zero-order valence-electron chi connectivity index (χ0n) is 38.7. The van der Waals surface area contributed by atoms with E-state index in [0.29, 0.717) is 0 Å². The lowest BCUT2D eigenvalue weighted by Crippen LogP contribution is -2.18. The second kappa shape index (κ2) is 15.4. The number of rotatable bonds is 7. The average molecular weight is 888 g/mol. The van der Waals surface area contributed by atoms with Gasteiger partial charge in [0, 0.05) is 48.1 Å². The van der Waals surface area contributed by atoms with E-state index < -0.39 is 0 Å². The molecule has 2 aliphatic carbocycles. The molecule has 0 fully saturated rings. The normalized spacial score (nSPS) is 13.8. The molecule has 10 aromatic carbocycles. The van der Waals surface area contributed by atoms with E-state index in [4.69, 9.17) is 0 Å².